The van der Waals surface area contributed by atoms with E-state index >= 15 is 0 Å². The van der Waals surface area contributed by atoms with Crippen LogP contribution in [0, 0.1) is 5.41 Å². The molecule has 1 fully saturated rings. The van der Waals surface area contributed by atoms with Crippen molar-refractivity contribution < 1.29 is 76.5 Å². The molecule has 1 heterocycles. The zero-order valence-corrected chi connectivity index (χ0v) is 15.4. The first-order chi connectivity index (χ1) is 13.3. The van der Waals surface area contributed by atoms with Crippen LogP contribution in [0.4, 0.5) is 57.1 Å². The smallest absolute Gasteiger partial charge is 0.417 e. The molecule has 1 aliphatic rings. The standard InChI is InChI=1S/C14H13F13O4/c1-4-7(2,3)6(28)31-12(14(25,26)27)11(20,21)10(29,13(22,23)24)8(15,16)5(30-12)9(17,18)19/h5,29H,4H2,1-3H3. The Hall–Kier alpha value is -1.52. The van der Waals surface area contributed by atoms with E-state index < -0.39 is 65.7 Å². The molecule has 0 radical (unpaired) electrons. The molecule has 3 unspecified atom stereocenters. The molecule has 0 spiro atoms. The lowest BCUT2D eigenvalue weighted by Gasteiger charge is -2.55. The van der Waals surface area contributed by atoms with Gasteiger partial charge in [-0.1, -0.05) is 6.92 Å². The lowest BCUT2D eigenvalue weighted by Crippen LogP contribution is -2.87. The Bertz CT molecular complexity index is 708. The van der Waals surface area contributed by atoms with Crippen LogP contribution in [-0.2, 0) is 14.3 Å². The Labute approximate surface area is 164 Å². The maximum Gasteiger partial charge on any atom is 0.462 e. The van der Waals surface area contributed by atoms with Gasteiger partial charge in [-0.2, -0.15) is 57.1 Å². The van der Waals surface area contributed by atoms with Crippen LogP contribution in [0.5, 0.6) is 0 Å². The molecule has 4 nitrogen and oxygen atoms in total. The topological polar surface area (TPSA) is 55.8 Å². The first kappa shape index (κ1) is 27.5. The zero-order chi connectivity index (χ0) is 25.3. The number of halogens is 13. The Morgan fingerprint density at radius 2 is 1.35 bits per heavy atom. The minimum absolute atomic E-state index is 0.548. The summed E-state index contributed by atoms with van der Waals surface area (Å²) in [7, 11) is 0. The van der Waals surface area contributed by atoms with Crippen LogP contribution in [0.1, 0.15) is 27.2 Å². The summed E-state index contributed by atoms with van der Waals surface area (Å²) in [5.74, 6) is -23.6. The van der Waals surface area contributed by atoms with Crippen molar-refractivity contribution in [1.82, 2.24) is 0 Å². The third-order valence-corrected chi connectivity index (χ3v) is 4.72. The largest absolute Gasteiger partial charge is 0.462 e. The molecule has 1 aliphatic heterocycles. The summed E-state index contributed by atoms with van der Waals surface area (Å²) in [6.07, 6.45) is -27.7. The summed E-state index contributed by atoms with van der Waals surface area (Å²) in [5, 5.41) is 9.17. The van der Waals surface area contributed by atoms with E-state index in [0.717, 1.165) is 6.92 Å². The third-order valence-electron chi connectivity index (χ3n) is 4.72. The Morgan fingerprint density at radius 3 is 1.65 bits per heavy atom. The molecule has 1 saturated heterocycles. The van der Waals surface area contributed by atoms with Gasteiger partial charge in [0.1, 0.15) is 0 Å². The lowest BCUT2D eigenvalue weighted by atomic mass is 9.76. The highest BCUT2D eigenvalue weighted by Gasteiger charge is 2.98. The van der Waals surface area contributed by atoms with Crippen LogP contribution in [0.25, 0.3) is 0 Å². The number of rotatable bonds is 3. The van der Waals surface area contributed by atoms with Crippen molar-refractivity contribution in [3.63, 3.8) is 0 Å². The fourth-order valence-electron chi connectivity index (χ4n) is 2.39. The van der Waals surface area contributed by atoms with Gasteiger partial charge in [-0.25, -0.2) is 0 Å². The van der Waals surface area contributed by atoms with E-state index in [1.165, 1.54) is 0 Å². The van der Waals surface area contributed by atoms with Gasteiger partial charge in [-0.15, -0.1) is 0 Å². The normalized spacial score (nSPS) is 32.0. The summed E-state index contributed by atoms with van der Waals surface area (Å²) in [4.78, 5) is 11.9. The number of aliphatic hydroxyl groups is 1. The third kappa shape index (κ3) is 3.60. The molecule has 0 saturated carbocycles. The SMILES string of the molecule is CCC(C)(C)C(=O)OC1(C(F)(F)F)OC(C(F)(F)F)C(F)(F)C(O)(C(F)(F)F)C1(F)F. The zero-order valence-electron chi connectivity index (χ0n) is 15.4. The van der Waals surface area contributed by atoms with Crippen LogP contribution in [0.2, 0.25) is 0 Å². The van der Waals surface area contributed by atoms with Crippen molar-refractivity contribution in [2.45, 2.75) is 75.1 Å². The van der Waals surface area contributed by atoms with E-state index in [1.54, 1.807) is 0 Å². The first-order valence-corrected chi connectivity index (χ1v) is 7.87. The van der Waals surface area contributed by atoms with Gasteiger partial charge in [0.25, 0.3) is 5.60 Å². The van der Waals surface area contributed by atoms with E-state index in [1.807, 2.05) is 0 Å². The van der Waals surface area contributed by atoms with Gasteiger partial charge < -0.3 is 14.6 Å². The molecular formula is C14H13F13O4. The molecule has 3 atom stereocenters. The predicted molar refractivity (Wildman–Crippen MR) is 70.8 cm³/mol. The molecule has 0 aromatic carbocycles. The average Bonchev–Trinajstić information content (AvgIpc) is 2.52. The van der Waals surface area contributed by atoms with Crippen molar-refractivity contribution in [3.8, 4) is 0 Å². The average molecular weight is 492 g/mol. The maximum atomic E-state index is 14.5. The van der Waals surface area contributed by atoms with Crippen molar-refractivity contribution in [2.75, 3.05) is 0 Å². The quantitative estimate of drug-likeness (QED) is 0.457. The lowest BCUT2D eigenvalue weighted by molar-refractivity contribution is -0.556. The highest BCUT2D eigenvalue weighted by molar-refractivity contribution is 5.76. The molecule has 1 rings (SSSR count). The number of ether oxygens (including phenoxy) is 2. The molecule has 0 aliphatic carbocycles. The van der Waals surface area contributed by atoms with Gasteiger partial charge in [-0.3, -0.25) is 4.79 Å². The highest BCUT2D eigenvalue weighted by Crippen LogP contribution is 2.66. The van der Waals surface area contributed by atoms with Gasteiger partial charge in [0.15, 0.2) is 0 Å². The molecule has 1 N–H and O–H groups in total. The maximum absolute atomic E-state index is 14.5. The second kappa shape index (κ2) is 6.99. The minimum Gasteiger partial charge on any atom is -0.417 e. The van der Waals surface area contributed by atoms with E-state index in [0.29, 0.717) is 13.8 Å². The molecule has 31 heavy (non-hydrogen) atoms. The molecule has 17 heteroatoms. The summed E-state index contributed by atoms with van der Waals surface area (Å²) in [6.45, 7) is 2.44. The fraction of sp³-hybridized carbons (Fsp3) is 0.929. The van der Waals surface area contributed by atoms with Gasteiger partial charge in [0.2, 0.25) is 6.10 Å². The van der Waals surface area contributed by atoms with Crippen molar-refractivity contribution in [1.29, 1.82) is 0 Å². The Morgan fingerprint density at radius 1 is 0.935 bits per heavy atom. The number of hydrogen-bond donors (Lipinski definition) is 1. The van der Waals surface area contributed by atoms with Crippen LogP contribution < -0.4 is 0 Å². The molecule has 0 amide bonds. The van der Waals surface area contributed by atoms with Crippen molar-refractivity contribution >= 4 is 5.97 Å². The summed E-state index contributed by atoms with van der Waals surface area (Å²) < 4.78 is 182. The van der Waals surface area contributed by atoms with Gasteiger partial charge in [0, 0.05) is 0 Å². The summed E-state index contributed by atoms with van der Waals surface area (Å²) in [6, 6.07) is 0. The summed E-state index contributed by atoms with van der Waals surface area (Å²) in [5.41, 5.74) is -9.56. The van der Waals surface area contributed by atoms with Crippen molar-refractivity contribution in [2.24, 2.45) is 5.41 Å². The number of hydrogen-bond acceptors (Lipinski definition) is 4. The monoisotopic (exact) mass is 492 g/mol. The molecule has 0 bridgehead atoms. The van der Waals surface area contributed by atoms with Crippen molar-refractivity contribution in [3.05, 3.63) is 0 Å². The highest BCUT2D eigenvalue weighted by atomic mass is 19.4. The van der Waals surface area contributed by atoms with Crippen LogP contribution in [0.3, 0.4) is 0 Å². The molecule has 0 aromatic heterocycles. The first-order valence-electron chi connectivity index (χ1n) is 7.87. The molecule has 184 valence electrons. The number of carbonyl (C=O) groups excluding carboxylic acids is 1. The molecule has 0 aromatic rings. The number of esters is 1. The van der Waals surface area contributed by atoms with Crippen LogP contribution >= 0.6 is 0 Å². The second-order valence-corrected chi connectivity index (χ2v) is 7.19. The Balaban J connectivity index is 4.08. The van der Waals surface area contributed by atoms with Crippen LogP contribution in [-0.4, -0.2) is 58.9 Å². The predicted octanol–water partition coefficient (Wildman–Crippen LogP) is 4.75. The second-order valence-electron chi connectivity index (χ2n) is 7.19. The van der Waals surface area contributed by atoms with E-state index in [-0.39, 0.29) is 0 Å². The van der Waals surface area contributed by atoms with Gasteiger partial charge in [-0.05, 0) is 20.3 Å². The minimum atomic E-state index is -7.50. The number of carbonyl (C=O) groups is 1. The number of alkyl halides is 13. The summed E-state index contributed by atoms with van der Waals surface area (Å²) >= 11 is 0. The molecular weight excluding hydrogens is 479 g/mol. The van der Waals surface area contributed by atoms with Gasteiger partial charge in [0.05, 0.1) is 5.41 Å². The van der Waals surface area contributed by atoms with Crippen LogP contribution in [0.15, 0.2) is 0 Å². The Kier molecular flexibility index (Phi) is 6.20. The van der Waals surface area contributed by atoms with E-state index in [2.05, 4.69) is 9.47 Å². The van der Waals surface area contributed by atoms with E-state index in [9.17, 15) is 67.0 Å². The van der Waals surface area contributed by atoms with Gasteiger partial charge >= 0.3 is 42.1 Å². The van der Waals surface area contributed by atoms with E-state index in [4.69, 9.17) is 0 Å². The fourth-order valence-corrected chi connectivity index (χ4v) is 2.39.